The second kappa shape index (κ2) is 8.00. The fourth-order valence-corrected chi connectivity index (χ4v) is 5.55. The molecule has 1 N–H and O–H groups in total. The lowest BCUT2D eigenvalue weighted by Gasteiger charge is -2.36. The zero-order valence-electron chi connectivity index (χ0n) is 15.8. The van der Waals surface area contributed by atoms with Gasteiger partial charge in [0.1, 0.15) is 0 Å². The molecule has 3 aliphatic heterocycles. The average molecular weight is 362 g/mol. The molecule has 0 aliphatic carbocycles. The molecule has 2 saturated heterocycles. The van der Waals surface area contributed by atoms with Crippen molar-refractivity contribution in [3.8, 4) is 0 Å². The third-order valence-electron chi connectivity index (χ3n) is 5.46. The summed E-state index contributed by atoms with van der Waals surface area (Å²) in [6, 6.07) is 0. The van der Waals surface area contributed by atoms with Gasteiger partial charge in [-0.3, -0.25) is 4.79 Å². The maximum absolute atomic E-state index is 12.9. The summed E-state index contributed by atoms with van der Waals surface area (Å²) in [7, 11) is 2.19. The van der Waals surface area contributed by atoms with Gasteiger partial charge in [-0.15, -0.1) is 11.8 Å². The Hall–Kier alpha value is -1.20. The summed E-state index contributed by atoms with van der Waals surface area (Å²) < 4.78 is 0.292. The van der Waals surface area contributed by atoms with Crippen LogP contribution < -0.4 is 5.32 Å². The first-order valence-corrected chi connectivity index (χ1v) is 10.4. The zero-order valence-corrected chi connectivity index (χ0v) is 16.6. The van der Waals surface area contributed by atoms with Crippen LogP contribution in [-0.2, 0) is 4.79 Å². The van der Waals surface area contributed by atoms with E-state index in [9.17, 15) is 4.79 Å². The predicted octanol–water partition coefficient (Wildman–Crippen LogP) is 3.49. The van der Waals surface area contributed by atoms with E-state index < -0.39 is 0 Å². The van der Waals surface area contributed by atoms with Crippen molar-refractivity contribution < 1.29 is 4.79 Å². The Bertz CT molecular complexity index is 588. The van der Waals surface area contributed by atoms with Gasteiger partial charge < -0.3 is 15.1 Å². The van der Waals surface area contributed by atoms with Gasteiger partial charge in [-0.2, -0.15) is 0 Å². The van der Waals surface area contributed by atoms with E-state index in [0.717, 1.165) is 32.5 Å². The smallest absolute Gasteiger partial charge is 0.227 e. The Morgan fingerprint density at radius 1 is 1.44 bits per heavy atom. The number of hydrogen-bond acceptors (Lipinski definition) is 4. The molecule has 3 rings (SSSR count). The van der Waals surface area contributed by atoms with Crippen molar-refractivity contribution in [2.45, 2.75) is 56.1 Å². The molecule has 0 saturated carbocycles. The SMILES string of the molecule is CC/C=C\C=C1/CC(CC(=O)N2CC3(CCN(C)CC3)SC2C)=CN1. The van der Waals surface area contributed by atoms with Gasteiger partial charge in [0.2, 0.25) is 5.91 Å². The highest BCUT2D eigenvalue weighted by molar-refractivity contribution is 8.01. The number of likely N-dealkylation sites (tertiary alicyclic amines) is 1. The second-order valence-electron chi connectivity index (χ2n) is 7.55. The molecule has 4 nitrogen and oxygen atoms in total. The zero-order chi connectivity index (χ0) is 17.9. The van der Waals surface area contributed by atoms with Crippen LogP contribution in [-0.4, -0.2) is 52.5 Å². The fourth-order valence-electron chi connectivity index (χ4n) is 3.87. The Kier molecular flexibility index (Phi) is 5.95. The Morgan fingerprint density at radius 2 is 2.20 bits per heavy atom. The first-order chi connectivity index (χ1) is 12.0. The number of thioether (sulfide) groups is 1. The van der Waals surface area contributed by atoms with Gasteiger partial charge in [-0.25, -0.2) is 0 Å². The highest BCUT2D eigenvalue weighted by Crippen LogP contribution is 2.46. The molecule has 0 radical (unpaired) electrons. The van der Waals surface area contributed by atoms with Crippen LogP contribution in [0.2, 0.25) is 0 Å². The minimum Gasteiger partial charge on any atom is -0.365 e. The standard InChI is InChI=1S/C20H31N3OS/c1-4-5-6-7-18-12-17(14-21-18)13-19(24)23-15-20(25-16(23)2)8-10-22(3)11-9-20/h5-7,14,16,21H,4,8-13,15H2,1-3H3/b6-5-,18-7+. The molecule has 0 aromatic rings. The molecule has 1 unspecified atom stereocenters. The molecule has 3 aliphatic rings. The normalized spacial score (nSPS) is 28.1. The van der Waals surface area contributed by atoms with Gasteiger partial charge in [0, 0.05) is 36.0 Å². The number of nitrogens with zero attached hydrogens (tertiary/aromatic N) is 2. The van der Waals surface area contributed by atoms with E-state index in [4.69, 9.17) is 0 Å². The third-order valence-corrected chi connectivity index (χ3v) is 7.10. The van der Waals surface area contributed by atoms with Crippen molar-refractivity contribution >= 4 is 17.7 Å². The molecule has 138 valence electrons. The number of allylic oxidation sites excluding steroid dienone is 4. The fraction of sp³-hybridized carbons (Fsp3) is 0.650. The number of nitrogens with one attached hydrogen (secondary N) is 1. The van der Waals surface area contributed by atoms with E-state index in [2.05, 4.69) is 54.2 Å². The molecule has 1 amide bonds. The van der Waals surface area contributed by atoms with Gasteiger partial charge in [0.15, 0.2) is 0 Å². The summed E-state index contributed by atoms with van der Waals surface area (Å²) in [4.78, 5) is 17.4. The molecule has 1 spiro atoms. The third kappa shape index (κ3) is 4.50. The summed E-state index contributed by atoms with van der Waals surface area (Å²) in [6.45, 7) is 7.55. The van der Waals surface area contributed by atoms with Crippen LogP contribution >= 0.6 is 11.8 Å². The topological polar surface area (TPSA) is 35.6 Å². The van der Waals surface area contributed by atoms with Gasteiger partial charge in [0.25, 0.3) is 0 Å². The molecule has 3 heterocycles. The number of rotatable bonds is 4. The maximum Gasteiger partial charge on any atom is 0.227 e. The summed E-state index contributed by atoms with van der Waals surface area (Å²) >= 11 is 2.02. The number of carbonyl (C=O) groups excluding carboxylic acids is 1. The Balaban J connectivity index is 1.54. The van der Waals surface area contributed by atoms with Gasteiger partial charge in [0.05, 0.1) is 5.37 Å². The van der Waals surface area contributed by atoms with Crippen LogP contribution in [0.3, 0.4) is 0 Å². The van der Waals surface area contributed by atoms with E-state index in [1.54, 1.807) is 0 Å². The molecule has 2 fully saturated rings. The van der Waals surface area contributed by atoms with Crippen LogP contribution in [0, 0.1) is 0 Å². The monoisotopic (exact) mass is 361 g/mol. The predicted molar refractivity (Wildman–Crippen MR) is 106 cm³/mol. The van der Waals surface area contributed by atoms with Crippen LogP contribution in [0.4, 0.5) is 0 Å². The van der Waals surface area contributed by atoms with Crippen molar-refractivity contribution in [1.29, 1.82) is 0 Å². The van der Waals surface area contributed by atoms with Crippen LogP contribution in [0.15, 0.2) is 35.7 Å². The molecule has 0 aromatic heterocycles. The van der Waals surface area contributed by atoms with Crippen LogP contribution in [0.25, 0.3) is 0 Å². The maximum atomic E-state index is 12.9. The van der Waals surface area contributed by atoms with Crippen LogP contribution in [0.1, 0.15) is 46.0 Å². The molecule has 1 atom stereocenters. The number of piperidine rings is 1. The molecule has 0 aromatic carbocycles. The molecule has 0 bridgehead atoms. The molecule has 25 heavy (non-hydrogen) atoms. The largest absolute Gasteiger partial charge is 0.365 e. The lowest BCUT2D eigenvalue weighted by molar-refractivity contribution is -0.130. The summed E-state index contributed by atoms with van der Waals surface area (Å²) in [5.74, 6) is 0.286. The van der Waals surface area contributed by atoms with Crippen molar-refractivity contribution in [2.75, 3.05) is 26.7 Å². The molecule has 5 heteroatoms. The van der Waals surface area contributed by atoms with Crippen molar-refractivity contribution in [2.24, 2.45) is 0 Å². The second-order valence-corrected chi connectivity index (χ2v) is 9.34. The van der Waals surface area contributed by atoms with E-state index >= 15 is 0 Å². The van der Waals surface area contributed by atoms with Crippen molar-refractivity contribution in [1.82, 2.24) is 15.1 Å². The Labute approximate surface area is 156 Å². The van der Waals surface area contributed by atoms with Gasteiger partial charge >= 0.3 is 0 Å². The minimum atomic E-state index is 0.286. The first kappa shape index (κ1) is 18.6. The lowest BCUT2D eigenvalue weighted by atomic mass is 9.95. The van der Waals surface area contributed by atoms with E-state index in [-0.39, 0.29) is 5.91 Å². The van der Waals surface area contributed by atoms with Crippen LogP contribution in [0.5, 0.6) is 0 Å². The van der Waals surface area contributed by atoms with Gasteiger partial charge in [-0.05, 0) is 58.0 Å². The van der Waals surface area contributed by atoms with Crippen molar-refractivity contribution in [3.63, 3.8) is 0 Å². The van der Waals surface area contributed by atoms with E-state index in [1.165, 1.54) is 24.1 Å². The van der Waals surface area contributed by atoms with E-state index in [1.807, 2.05) is 18.0 Å². The number of hydrogen-bond donors (Lipinski definition) is 1. The molecular weight excluding hydrogens is 330 g/mol. The van der Waals surface area contributed by atoms with E-state index in [0.29, 0.717) is 16.5 Å². The number of carbonyl (C=O) groups is 1. The van der Waals surface area contributed by atoms with Gasteiger partial charge in [-0.1, -0.05) is 19.1 Å². The minimum absolute atomic E-state index is 0.286. The quantitative estimate of drug-likeness (QED) is 0.831. The molecular formula is C20H31N3OS. The van der Waals surface area contributed by atoms with Crippen molar-refractivity contribution in [3.05, 3.63) is 35.7 Å². The summed E-state index contributed by atoms with van der Waals surface area (Å²) in [6.07, 6.45) is 13.2. The lowest BCUT2D eigenvalue weighted by Crippen LogP contribution is -2.44. The summed E-state index contributed by atoms with van der Waals surface area (Å²) in [5, 5.41) is 3.60. The number of amides is 1. The highest BCUT2D eigenvalue weighted by Gasteiger charge is 2.45. The Morgan fingerprint density at radius 3 is 2.92 bits per heavy atom. The highest BCUT2D eigenvalue weighted by atomic mass is 32.2. The first-order valence-electron chi connectivity index (χ1n) is 9.47. The summed E-state index contributed by atoms with van der Waals surface area (Å²) in [5.41, 5.74) is 2.38. The average Bonchev–Trinajstić information content (AvgIpc) is 3.16.